The summed E-state index contributed by atoms with van der Waals surface area (Å²) >= 11 is 0. The molecule has 1 amide bonds. The number of amides is 1. The Hall–Kier alpha value is -1.60. The van der Waals surface area contributed by atoms with Crippen molar-refractivity contribution in [3.63, 3.8) is 0 Å². The van der Waals surface area contributed by atoms with Gasteiger partial charge in [0.1, 0.15) is 0 Å². The van der Waals surface area contributed by atoms with Gasteiger partial charge in [0.2, 0.25) is 10.0 Å². The van der Waals surface area contributed by atoms with Gasteiger partial charge in [-0.1, -0.05) is 13.8 Å². The van der Waals surface area contributed by atoms with Gasteiger partial charge >= 0.3 is 0 Å². The van der Waals surface area contributed by atoms with Gasteiger partial charge in [0.15, 0.2) is 0 Å². The van der Waals surface area contributed by atoms with Crippen molar-refractivity contribution in [2.45, 2.75) is 51.0 Å². The third kappa shape index (κ3) is 4.57. The third-order valence-corrected chi connectivity index (χ3v) is 6.86. The third-order valence-electron chi connectivity index (χ3n) is 5.05. The Balaban J connectivity index is 2.46. The fourth-order valence-electron chi connectivity index (χ4n) is 2.93. The van der Waals surface area contributed by atoms with Crippen LogP contribution in [0.1, 0.15) is 50.4 Å². The van der Waals surface area contributed by atoms with Gasteiger partial charge in [-0.25, -0.2) is 12.7 Å². The first-order valence-electron chi connectivity index (χ1n) is 9.27. The summed E-state index contributed by atoms with van der Waals surface area (Å²) in [6.45, 7) is 7.83. The standard InChI is InChI=1S/C19H31N3O3S/c1-14(2)15(3)20-19(23)17-13-16(26(24,25)21(4)5)9-10-18(17)22-11-7-6-8-12-22/h9-10,13-15H,6-8,11-12H2,1-5H3,(H,20,23). The van der Waals surface area contributed by atoms with Crippen molar-refractivity contribution < 1.29 is 13.2 Å². The van der Waals surface area contributed by atoms with Crippen molar-refractivity contribution in [3.8, 4) is 0 Å². The minimum absolute atomic E-state index is 0.00539. The molecule has 1 aliphatic heterocycles. The van der Waals surface area contributed by atoms with Crippen LogP contribution in [0.2, 0.25) is 0 Å². The highest BCUT2D eigenvalue weighted by molar-refractivity contribution is 7.89. The van der Waals surface area contributed by atoms with Crippen molar-refractivity contribution in [2.24, 2.45) is 5.92 Å². The predicted octanol–water partition coefficient (Wildman–Crippen LogP) is 2.70. The van der Waals surface area contributed by atoms with E-state index in [2.05, 4.69) is 10.2 Å². The van der Waals surface area contributed by atoms with Gasteiger partial charge in [0.05, 0.1) is 10.5 Å². The molecule has 1 heterocycles. The minimum Gasteiger partial charge on any atom is -0.371 e. The molecule has 1 aromatic carbocycles. The molecule has 1 fully saturated rings. The summed E-state index contributed by atoms with van der Waals surface area (Å²) in [4.78, 5) is 15.3. The number of nitrogens with zero attached hydrogens (tertiary/aromatic N) is 2. The van der Waals surface area contributed by atoms with Gasteiger partial charge in [-0.3, -0.25) is 4.79 Å². The molecule has 0 aliphatic carbocycles. The van der Waals surface area contributed by atoms with E-state index in [1.165, 1.54) is 30.9 Å². The second-order valence-corrected chi connectivity index (χ2v) is 9.67. The van der Waals surface area contributed by atoms with Crippen molar-refractivity contribution in [1.82, 2.24) is 9.62 Å². The van der Waals surface area contributed by atoms with Gasteiger partial charge in [0, 0.05) is 38.9 Å². The first-order chi connectivity index (χ1) is 12.1. The maximum absolute atomic E-state index is 12.9. The summed E-state index contributed by atoms with van der Waals surface area (Å²) in [5.41, 5.74) is 1.25. The zero-order chi connectivity index (χ0) is 19.5. The maximum Gasteiger partial charge on any atom is 0.253 e. The average Bonchev–Trinajstić information content (AvgIpc) is 2.61. The minimum atomic E-state index is -3.59. The van der Waals surface area contributed by atoms with Crippen LogP contribution in [0.4, 0.5) is 5.69 Å². The Labute approximate surface area is 157 Å². The van der Waals surface area contributed by atoms with E-state index in [1.807, 2.05) is 20.8 Å². The molecule has 1 unspecified atom stereocenters. The van der Waals surface area contributed by atoms with Crippen LogP contribution in [0.25, 0.3) is 0 Å². The largest absolute Gasteiger partial charge is 0.371 e. The molecule has 6 nitrogen and oxygen atoms in total. The predicted molar refractivity (Wildman–Crippen MR) is 105 cm³/mol. The van der Waals surface area contributed by atoms with Crippen molar-refractivity contribution in [3.05, 3.63) is 23.8 Å². The lowest BCUT2D eigenvalue weighted by atomic mass is 10.0. The molecule has 1 saturated heterocycles. The number of carbonyl (C=O) groups is 1. The molecule has 7 heteroatoms. The zero-order valence-electron chi connectivity index (χ0n) is 16.4. The molecule has 0 aromatic heterocycles. The van der Waals surface area contributed by atoms with Crippen LogP contribution < -0.4 is 10.2 Å². The quantitative estimate of drug-likeness (QED) is 0.822. The summed E-state index contributed by atoms with van der Waals surface area (Å²) in [6, 6.07) is 4.89. The van der Waals surface area contributed by atoms with E-state index < -0.39 is 10.0 Å². The van der Waals surface area contributed by atoms with E-state index in [4.69, 9.17) is 0 Å². The molecule has 1 N–H and O–H groups in total. The fraction of sp³-hybridized carbons (Fsp3) is 0.632. The Bertz CT molecular complexity index is 738. The molecule has 0 spiro atoms. The van der Waals surface area contributed by atoms with Crippen molar-refractivity contribution in [2.75, 3.05) is 32.1 Å². The number of hydrogen-bond donors (Lipinski definition) is 1. The molecule has 1 atom stereocenters. The Kier molecular flexibility index (Phi) is 6.69. The first kappa shape index (κ1) is 20.7. The lowest BCUT2D eigenvalue weighted by Gasteiger charge is -2.31. The molecular weight excluding hydrogens is 350 g/mol. The van der Waals surface area contributed by atoms with Crippen LogP contribution in [0.5, 0.6) is 0 Å². The molecule has 1 aromatic rings. The lowest BCUT2D eigenvalue weighted by Crippen LogP contribution is -2.38. The summed E-state index contributed by atoms with van der Waals surface area (Å²) in [5, 5.41) is 3.01. The molecule has 1 aliphatic rings. The van der Waals surface area contributed by atoms with E-state index in [-0.39, 0.29) is 16.8 Å². The number of sulfonamides is 1. The number of nitrogens with one attached hydrogen (secondary N) is 1. The number of benzene rings is 1. The van der Waals surface area contributed by atoms with Crippen LogP contribution in [0, 0.1) is 5.92 Å². The maximum atomic E-state index is 12.9. The Morgan fingerprint density at radius 3 is 2.27 bits per heavy atom. The van der Waals surface area contributed by atoms with Gasteiger partial charge in [-0.15, -0.1) is 0 Å². The summed E-state index contributed by atoms with van der Waals surface area (Å²) in [5.74, 6) is 0.0775. The Morgan fingerprint density at radius 1 is 1.12 bits per heavy atom. The summed E-state index contributed by atoms with van der Waals surface area (Å²) < 4.78 is 26.2. The van der Waals surface area contributed by atoms with Crippen LogP contribution in [0.15, 0.2) is 23.1 Å². The van der Waals surface area contributed by atoms with Crippen LogP contribution in [-0.2, 0) is 10.0 Å². The zero-order valence-corrected chi connectivity index (χ0v) is 17.3. The number of hydrogen-bond acceptors (Lipinski definition) is 4. The van der Waals surface area contributed by atoms with Crippen LogP contribution in [-0.4, -0.2) is 51.9 Å². The molecule has 0 bridgehead atoms. The highest BCUT2D eigenvalue weighted by atomic mass is 32.2. The molecule has 2 rings (SSSR count). The topological polar surface area (TPSA) is 69.7 Å². The molecule has 26 heavy (non-hydrogen) atoms. The van der Waals surface area contributed by atoms with E-state index in [0.717, 1.165) is 31.6 Å². The number of carbonyl (C=O) groups excluding carboxylic acids is 1. The molecular formula is C19H31N3O3S. The second kappa shape index (κ2) is 8.39. The number of rotatable bonds is 6. The normalized spacial score (nSPS) is 16.8. The van der Waals surface area contributed by atoms with Gasteiger partial charge in [0.25, 0.3) is 5.91 Å². The van der Waals surface area contributed by atoms with Crippen molar-refractivity contribution in [1.29, 1.82) is 0 Å². The van der Waals surface area contributed by atoms with Crippen molar-refractivity contribution >= 4 is 21.6 Å². The average molecular weight is 382 g/mol. The van der Waals surface area contributed by atoms with E-state index in [0.29, 0.717) is 11.5 Å². The van der Waals surface area contributed by atoms with Crippen LogP contribution >= 0.6 is 0 Å². The smallest absolute Gasteiger partial charge is 0.253 e. The highest BCUT2D eigenvalue weighted by Crippen LogP contribution is 2.28. The fourth-order valence-corrected chi connectivity index (χ4v) is 3.86. The van der Waals surface area contributed by atoms with Gasteiger partial charge in [-0.2, -0.15) is 0 Å². The first-order valence-corrected chi connectivity index (χ1v) is 10.7. The molecule has 146 valence electrons. The number of anilines is 1. The van der Waals surface area contributed by atoms with Gasteiger partial charge < -0.3 is 10.2 Å². The summed E-state index contributed by atoms with van der Waals surface area (Å²) in [6.07, 6.45) is 3.36. The Morgan fingerprint density at radius 2 is 1.73 bits per heavy atom. The van der Waals surface area contributed by atoms with Crippen LogP contribution in [0.3, 0.4) is 0 Å². The highest BCUT2D eigenvalue weighted by Gasteiger charge is 2.25. The SMILES string of the molecule is CC(C)C(C)NC(=O)c1cc(S(=O)(=O)N(C)C)ccc1N1CCCCC1. The van der Waals surface area contributed by atoms with E-state index in [1.54, 1.807) is 12.1 Å². The summed E-state index contributed by atoms with van der Waals surface area (Å²) in [7, 11) is -0.601. The van der Waals surface area contributed by atoms with E-state index >= 15 is 0 Å². The lowest BCUT2D eigenvalue weighted by molar-refractivity contribution is 0.0930. The monoisotopic (exact) mass is 381 g/mol. The molecule has 0 radical (unpaired) electrons. The number of piperidine rings is 1. The van der Waals surface area contributed by atoms with E-state index in [9.17, 15) is 13.2 Å². The second-order valence-electron chi connectivity index (χ2n) is 7.52. The molecule has 0 saturated carbocycles. The van der Waals surface area contributed by atoms with Gasteiger partial charge in [-0.05, 0) is 50.3 Å².